The van der Waals surface area contributed by atoms with Gasteiger partial charge in [0.05, 0.1) is 11.5 Å². The first kappa shape index (κ1) is 39.1. The maximum absolute atomic E-state index is 14.0. The minimum absolute atomic E-state index is 0.0157. The lowest BCUT2D eigenvalue weighted by atomic mass is 9.91. The molecule has 1 saturated heterocycles. The number of amides is 3. The first-order valence-electron chi connectivity index (χ1n) is 17.1. The second-order valence-corrected chi connectivity index (χ2v) is 14.9. The average molecular weight is 686 g/mol. The summed E-state index contributed by atoms with van der Waals surface area (Å²) >= 11 is 1.17. The summed E-state index contributed by atoms with van der Waals surface area (Å²) in [4.78, 5) is 60.4. The van der Waals surface area contributed by atoms with Gasteiger partial charge in [-0.2, -0.15) is 0 Å². The summed E-state index contributed by atoms with van der Waals surface area (Å²) in [7, 11) is 3.65. The number of likely N-dealkylation sites (N-methyl/N-ethyl adjacent to an activating group) is 2. The average Bonchev–Trinajstić information content (AvgIpc) is 3.69. The second-order valence-electron chi connectivity index (χ2n) is 14.1. The SMILES string of the molecule is CC[C@H](C)[C@H](NC(=O)[C@@]1(C)CCCN1C)C(=O)N(C)[C@H](C[C@@H](O)c1nc(C(=O)N[C@@H](Cc2ccccc2)C[C@H](C)C(=O)O)cs1)C(C)C. The van der Waals surface area contributed by atoms with Crippen LogP contribution in [-0.4, -0.2) is 93.0 Å². The molecule has 4 N–H and O–H groups in total. The number of nitrogens with one attached hydrogen (secondary N) is 2. The topological polar surface area (TPSA) is 152 Å². The number of aliphatic hydroxyl groups excluding tert-OH is 1. The van der Waals surface area contributed by atoms with Gasteiger partial charge in [0.2, 0.25) is 11.8 Å². The second kappa shape index (κ2) is 17.3. The van der Waals surface area contributed by atoms with Crippen molar-refractivity contribution in [3.8, 4) is 0 Å². The van der Waals surface area contributed by atoms with Gasteiger partial charge in [-0.25, -0.2) is 4.98 Å². The molecule has 0 aliphatic carbocycles. The number of carboxylic acid groups (broad SMARTS) is 1. The lowest BCUT2D eigenvalue weighted by molar-refractivity contribution is -0.142. The minimum atomic E-state index is -1.03. The molecule has 2 heterocycles. The van der Waals surface area contributed by atoms with E-state index in [0.29, 0.717) is 17.8 Å². The Morgan fingerprint density at radius 1 is 1.08 bits per heavy atom. The summed E-state index contributed by atoms with van der Waals surface area (Å²) in [6, 6.07) is 8.05. The quantitative estimate of drug-likeness (QED) is 0.190. The lowest BCUT2D eigenvalue weighted by Crippen LogP contribution is -2.60. The van der Waals surface area contributed by atoms with Crippen LogP contribution < -0.4 is 10.6 Å². The van der Waals surface area contributed by atoms with Crippen LogP contribution in [0, 0.1) is 17.8 Å². The number of carbonyl (C=O) groups is 4. The Morgan fingerprint density at radius 3 is 2.31 bits per heavy atom. The molecule has 1 aromatic carbocycles. The maximum Gasteiger partial charge on any atom is 0.306 e. The van der Waals surface area contributed by atoms with E-state index in [2.05, 4.69) is 15.6 Å². The third-order valence-corrected chi connectivity index (χ3v) is 11.0. The number of rotatable bonds is 17. The van der Waals surface area contributed by atoms with Gasteiger partial charge >= 0.3 is 5.97 Å². The first-order chi connectivity index (χ1) is 22.6. The molecule has 1 aliphatic rings. The predicted octanol–water partition coefficient (Wildman–Crippen LogP) is 4.52. The summed E-state index contributed by atoms with van der Waals surface area (Å²) < 4.78 is 0. The molecule has 0 saturated carbocycles. The van der Waals surface area contributed by atoms with Crippen molar-refractivity contribution in [3.63, 3.8) is 0 Å². The van der Waals surface area contributed by atoms with E-state index < -0.39 is 41.5 Å². The molecule has 0 spiro atoms. The van der Waals surface area contributed by atoms with Gasteiger partial charge in [-0.3, -0.25) is 24.1 Å². The zero-order valence-corrected chi connectivity index (χ0v) is 30.5. The number of nitrogens with zero attached hydrogens (tertiary/aromatic N) is 3. The van der Waals surface area contributed by atoms with Gasteiger partial charge in [-0.1, -0.05) is 71.4 Å². The Hall–Kier alpha value is -3.35. The molecule has 11 nitrogen and oxygen atoms in total. The highest BCUT2D eigenvalue weighted by molar-refractivity contribution is 7.09. The van der Waals surface area contributed by atoms with E-state index in [1.807, 2.05) is 76.9 Å². The van der Waals surface area contributed by atoms with Gasteiger partial charge in [0.25, 0.3) is 5.91 Å². The van der Waals surface area contributed by atoms with Crippen LogP contribution in [-0.2, 0) is 20.8 Å². The van der Waals surface area contributed by atoms with Crippen LogP contribution in [0.1, 0.15) is 101 Å². The van der Waals surface area contributed by atoms with Crippen molar-refractivity contribution in [2.45, 2.75) is 110 Å². The molecule has 266 valence electrons. The van der Waals surface area contributed by atoms with Crippen molar-refractivity contribution in [2.24, 2.45) is 17.8 Å². The van der Waals surface area contributed by atoms with E-state index in [4.69, 9.17) is 0 Å². The maximum atomic E-state index is 14.0. The summed E-state index contributed by atoms with van der Waals surface area (Å²) in [5, 5.41) is 28.8. The number of hydrogen-bond acceptors (Lipinski definition) is 8. The van der Waals surface area contributed by atoms with Crippen LogP contribution in [0.25, 0.3) is 0 Å². The normalized spacial score (nSPS) is 20.4. The lowest BCUT2D eigenvalue weighted by Gasteiger charge is -2.38. The fraction of sp³-hybridized carbons (Fsp3) is 0.639. The third kappa shape index (κ3) is 9.85. The molecular formula is C36H55N5O6S. The largest absolute Gasteiger partial charge is 0.481 e. The van der Waals surface area contributed by atoms with Gasteiger partial charge < -0.3 is 25.7 Å². The van der Waals surface area contributed by atoms with E-state index in [0.717, 1.165) is 24.9 Å². The molecule has 0 radical (unpaired) electrons. The molecule has 1 aromatic heterocycles. The Morgan fingerprint density at radius 2 is 1.75 bits per heavy atom. The van der Waals surface area contributed by atoms with E-state index >= 15 is 0 Å². The Balaban J connectivity index is 1.72. The molecule has 7 atom stereocenters. The van der Waals surface area contributed by atoms with Gasteiger partial charge in [0, 0.05) is 30.9 Å². The molecule has 0 bridgehead atoms. The van der Waals surface area contributed by atoms with E-state index in [9.17, 15) is 29.4 Å². The van der Waals surface area contributed by atoms with Crippen molar-refractivity contribution in [2.75, 3.05) is 20.6 Å². The summed E-state index contributed by atoms with van der Waals surface area (Å²) in [5.41, 5.74) is 0.456. The van der Waals surface area contributed by atoms with Gasteiger partial charge in [0.15, 0.2) is 0 Å². The summed E-state index contributed by atoms with van der Waals surface area (Å²) in [6.07, 6.45) is 2.24. The number of carboxylic acids is 1. The number of aliphatic carboxylic acids is 1. The number of benzene rings is 1. The van der Waals surface area contributed by atoms with Crippen LogP contribution in [0.2, 0.25) is 0 Å². The van der Waals surface area contributed by atoms with Crippen molar-refractivity contribution in [1.82, 2.24) is 25.4 Å². The summed E-state index contributed by atoms with van der Waals surface area (Å²) in [5.74, 6) is -2.48. The Kier molecular flexibility index (Phi) is 14.1. The standard InChI is InChI=1S/C36H55N5O6S/c1-9-23(4)30(39-35(47)36(6)16-13-17-40(36)7)33(44)41(8)28(22(2)3)20-29(42)32-38-27(21-48-32)31(43)37-26(18-24(5)34(45)46)19-25-14-11-10-12-15-25/h10-12,14-15,21-24,26,28-30,42H,9,13,16-20H2,1-8H3,(H,37,43)(H,39,47)(H,45,46)/t23-,24-,26+,28+,29+,30-,36+/m0/s1. The van der Waals surface area contributed by atoms with E-state index in [-0.39, 0.29) is 48.2 Å². The van der Waals surface area contributed by atoms with Crippen molar-refractivity contribution in [3.05, 3.63) is 52.0 Å². The van der Waals surface area contributed by atoms with E-state index in [1.54, 1.807) is 24.3 Å². The van der Waals surface area contributed by atoms with Crippen LogP contribution in [0.3, 0.4) is 0 Å². The summed E-state index contributed by atoms with van der Waals surface area (Å²) in [6.45, 7) is 12.3. The zero-order chi connectivity index (χ0) is 35.8. The van der Waals surface area contributed by atoms with Crippen LogP contribution in [0.5, 0.6) is 0 Å². The molecule has 1 fully saturated rings. The predicted molar refractivity (Wildman–Crippen MR) is 188 cm³/mol. The number of hydrogen-bond donors (Lipinski definition) is 4. The van der Waals surface area contributed by atoms with Gasteiger partial charge in [-0.05, 0) is 63.6 Å². The fourth-order valence-corrected chi connectivity index (χ4v) is 7.17. The molecule has 0 unspecified atom stereocenters. The molecule has 1 aliphatic heterocycles. The fourth-order valence-electron chi connectivity index (χ4n) is 6.38. The van der Waals surface area contributed by atoms with Crippen LogP contribution >= 0.6 is 11.3 Å². The zero-order valence-electron chi connectivity index (χ0n) is 29.7. The molecule has 3 amide bonds. The van der Waals surface area contributed by atoms with Crippen LogP contribution in [0.15, 0.2) is 35.7 Å². The third-order valence-electron chi connectivity index (χ3n) is 10.1. The highest BCUT2D eigenvalue weighted by Gasteiger charge is 2.43. The van der Waals surface area contributed by atoms with Crippen molar-refractivity contribution >= 4 is 35.0 Å². The highest BCUT2D eigenvalue weighted by atomic mass is 32.1. The number of carbonyl (C=O) groups excluding carboxylic acids is 3. The van der Waals surface area contributed by atoms with Crippen molar-refractivity contribution in [1.29, 1.82) is 0 Å². The van der Waals surface area contributed by atoms with E-state index in [1.165, 1.54) is 11.3 Å². The first-order valence-corrected chi connectivity index (χ1v) is 18.0. The minimum Gasteiger partial charge on any atom is -0.481 e. The number of thiazole rings is 1. The molecule has 48 heavy (non-hydrogen) atoms. The van der Waals surface area contributed by atoms with Gasteiger partial charge in [-0.15, -0.1) is 11.3 Å². The highest BCUT2D eigenvalue weighted by Crippen LogP contribution is 2.30. The molecule has 3 rings (SSSR count). The van der Waals surface area contributed by atoms with Crippen LogP contribution in [0.4, 0.5) is 0 Å². The molecule has 2 aromatic rings. The van der Waals surface area contributed by atoms with Crippen molar-refractivity contribution < 1.29 is 29.4 Å². The Labute approximate surface area is 289 Å². The number of aliphatic hydroxyl groups is 1. The molecule has 12 heteroatoms. The number of likely N-dealkylation sites (tertiary alicyclic amines) is 1. The monoisotopic (exact) mass is 685 g/mol. The van der Waals surface area contributed by atoms with Gasteiger partial charge in [0.1, 0.15) is 22.8 Å². The Bertz CT molecular complexity index is 1390. The molecular weight excluding hydrogens is 630 g/mol. The smallest absolute Gasteiger partial charge is 0.306 e. The number of aromatic nitrogens is 1.